The summed E-state index contributed by atoms with van der Waals surface area (Å²) in [4.78, 5) is 17.3. The van der Waals surface area contributed by atoms with Gasteiger partial charge < -0.3 is 24.1 Å². The third-order valence-corrected chi connectivity index (χ3v) is 4.46. The highest BCUT2D eigenvalue weighted by Crippen LogP contribution is 2.34. The Morgan fingerprint density at radius 2 is 2.00 bits per heavy atom. The molecule has 7 heteroatoms. The van der Waals surface area contributed by atoms with Crippen molar-refractivity contribution in [3.05, 3.63) is 42.2 Å². The van der Waals surface area contributed by atoms with E-state index in [2.05, 4.69) is 10.3 Å². The Morgan fingerprint density at radius 3 is 2.74 bits per heavy atom. The van der Waals surface area contributed by atoms with Gasteiger partial charge in [0.2, 0.25) is 5.91 Å². The van der Waals surface area contributed by atoms with E-state index in [-0.39, 0.29) is 12.5 Å². The molecule has 2 heterocycles. The van der Waals surface area contributed by atoms with E-state index in [0.717, 1.165) is 16.9 Å². The van der Waals surface area contributed by atoms with E-state index in [4.69, 9.17) is 14.2 Å². The van der Waals surface area contributed by atoms with E-state index in [0.29, 0.717) is 42.6 Å². The Labute approximate surface area is 156 Å². The predicted octanol–water partition coefficient (Wildman–Crippen LogP) is 3.02. The quantitative estimate of drug-likeness (QED) is 0.750. The molecule has 1 amide bonds. The fraction of sp³-hybridized carbons (Fsp3) is 0.300. The fourth-order valence-electron chi connectivity index (χ4n) is 3.20. The SMILES string of the molecule is CCc1nc2cc3c(cc2n1CC(=O)Nc1cccc(OC)c1)OCCO3. The van der Waals surface area contributed by atoms with Gasteiger partial charge in [-0.2, -0.15) is 0 Å². The molecule has 140 valence electrons. The second kappa shape index (κ2) is 7.19. The minimum Gasteiger partial charge on any atom is -0.497 e. The van der Waals surface area contributed by atoms with Crippen molar-refractivity contribution in [2.45, 2.75) is 19.9 Å². The molecule has 0 saturated carbocycles. The Kier molecular flexibility index (Phi) is 4.58. The van der Waals surface area contributed by atoms with Crippen LogP contribution in [-0.2, 0) is 17.8 Å². The van der Waals surface area contributed by atoms with Gasteiger partial charge in [0.25, 0.3) is 0 Å². The molecule has 4 rings (SSSR count). The summed E-state index contributed by atoms with van der Waals surface area (Å²) in [6.45, 7) is 3.23. The van der Waals surface area contributed by atoms with Gasteiger partial charge in [-0.05, 0) is 12.1 Å². The van der Waals surface area contributed by atoms with E-state index < -0.39 is 0 Å². The van der Waals surface area contributed by atoms with Crippen LogP contribution in [0.15, 0.2) is 36.4 Å². The van der Waals surface area contributed by atoms with Gasteiger partial charge in [0, 0.05) is 30.3 Å². The molecule has 0 spiro atoms. The molecule has 27 heavy (non-hydrogen) atoms. The van der Waals surface area contributed by atoms with E-state index in [1.807, 2.05) is 41.8 Å². The first-order valence-electron chi connectivity index (χ1n) is 8.90. The zero-order valence-corrected chi connectivity index (χ0v) is 15.3. The fourth-order valence-corrected chi connectivity index (χ4v) is 3.20. The van der Waals surface area contributed by atoms with Crippen molar-refractivity contribution in [2.24, 2.45) is 0 Å². The number of carbonyl (C=O) groups excluding carboxylic acids is 1. The summed E-state index contributed by atoms with van der Waals surface area (Å²) >= 11 is 0. The first-order valence-corrected chi connectivity index (χ1v) is 8.90. The van der Waals surface area contributed by atoms with Crippen LogP contribution in [0.1, 0.15) is 12.7 Å². The molecule has 0 unspecified atom stereocenters. The number of amides is 1. The molecule has 1 aliphatic heterocycles. The highest BCUT2D eigenvalue weighted by Gasteiger charge is 2.19. The molecule has 1 aromatic heterocycles. The third-order valence-electron chi connectivity index (χ3n) is 4.46. The van der Waals surface area contributed by atoms with Gasteiger partial charge in [0.15, 0.2) is 11.5 Å². The standard InChI is InChI=1S/C20H21N3O4/c1-3-19-22-15-10-17-18(27-8-7-26-17)11-16(15)23(19)12-20(24)21-13-5-4-6-14(9-13)25-2/h4-6,9-11H,3,7-8,12H2,1-2H3,(H,21,24). The predicted molar refractivity (Wildman–Crippen MR) is 102 cm³/mol. The van der Waals surface area contributed by atoms with Crippen molar-refractivity contribution in [3.63, 3.8) is 0 Å². The maximum absolute atomic E-state index is 12.6. The van der Waals surface area contributed by atoms with Gasteiger partial charge in [-0.3, -0.25) is 4.79 Å². The first kappa shape index (κ1) is 17.2. The minimum atomic E-state index is -0.132. The van der Waals surface area contributed by atoms with Gasteiger partial charge in [-0.25, -0.2) is 4.98 Å². The van der Waals surface area contributed by atoms with E-state index in [9.17, 15) is 4.79 Å². The highest BCUT2D eigenvalue weighted by atomic mass is 16.6. The monoisotopic (exact) mass is 367 g/mol. The summed E-state index contributed by atoms with van der Waals surface area (Å²) in [5.74, 6) is 2.78. The molecule has 0 bridgehead atoms. The Morgan fingerprint density at radius 1 is 1.22 bits per heavy atom. The van der Waals surface area contributed by atoms with E-state index in [1.165, 1.54) is 0 Å². The third kappa shape index (κ3) is 3.40. The zero-order chi connectivity index (χ0) is 18.8. The lowest BCUT2D eigenvalue weighted by Crippen LogP contribution is -2.20. The van der Waals surface area contributed by atoms with Crippen molar-refractivity contribution < 1.29 is 19.0 Å². The Bertz CT molecular complexity index is 996. The van der Waals surface area contributed by atoms with Gasteiger partial charge in [-0.15, -0.1) is 0 Å². The van der Waals surface area contributed by atoms with Crippen LogP contribution in [0.3, 0.4) is 0 Å². The number of benzene rings is 2. The Balaban J connectivity index is 1.62. The molecule has 0 saturated heterocycles. The van der Waals surface area contributed by atoms with Crippen LogP contribution in [-0.4, -0.2) is 35.8 Å². The zero-order valence-electron chi connectivity index (χ0n) is 15.3. The number of nitrogens with zero attached hydrogens (tertiary/aromatic N) is 2. The molecule has 0 fully saturated rings. The number of anilines is 1. The summed E-state index contributed by atoms with van der Waals surface area (Å²) in [5, 5.41) is 2.91. The number of aryl methyl sites for hydroxylation is 1. The molecular weight excluding hydrogens is 346 g/mol. The van der Waals surface area contributed by atoms with Gasteiger partial charge in [0.05, 0.1) is 18.1 Å². The number of aromatic nitrogens is 2. The van der Waals surface area contributed by atoms with E-state index in [1.54, 1.807) is 13.2 Å². The summed E-state index contributed by atoms with van der Waals surface area (Å²) < 4.78 is 18.4. The van der Waals surface area contributed by atoms with Crippen molar-refractivity contribution in [1.29, 1.82) is 0 Å². The topological polar surface area (TPSA) is 74.6 Å². The number of hydrogen-bond donors (Lipinski definition) is 1. The van der Waals surface area contributed by atoms with Crippen molar-refractivity contribution in [2.75, 3.05) is 25.6 Å². The molecule has 7 nitrogen and oxygen atoms in total. The van der Waals surface area contributed by atoms with Crippen LogP contribution in [0.2, 0.25) is 0 Å². The first-order chi connectivity index (χ1) is 13.2. The van der Waals surface area contributed by atoms with Gasteiger partial charge in [0.1, 0.15) is 31.3 Å². The summed E-state index contributed by atoms with van der Waals surface area (Å²) in [6.07, 6.45) is 0.716. The van der Waals surface area contributed by atoms with Crippen LogP contribution in [0, 0.1) is 0 Å². The lowest BCUT2D eigenvalue weighted by Gasteiger charge is -2.18. The summed E-state index contributed by atoms with van der Waals surface area (Å²) in [6, 6.07) is 11.1. The van der Waals surface area contributed by atoms with Crippen LogP contribution in [0.5, 0.6) is 17.2 Å². The summed E-state index contributed by atoms with van der Waals surface area (Å²) in [7, 11) is 1.60. The molecule has 0 radical (unpaired) electrons. The molecule has 3 aromatic rings. The second-order valence-corrected chi connectivity index (χ2v) is 6.23. The smallest absolute Gasteiger partial charge is 0.244 e. The molecule has 0 aliphatic carbocycles. The van der Waals surface area contributed by atoms with Crippen LogP contribution in [0.4, 0.5) is 5.69 Å². The maximum Gasteiger partial charge on any atom is 0.244 e. The number of ether oxygens (including phenoxy) is 3. The number of imidazole rings is 1. The second-order valence-electron chi connectivity index (χ2n) is 6.23. The van der Waals surface area contributed by atoms with Crippen LogP contribution < -0.4 is 19.5 Å². The molecule has 1 aliphatic rings. The summed E-state index contributed by atoms with van der Waals surface area (Å²) in [5.41, 5.74) is 2.35. The number of hydrogen-bond acceptors (Lipinski definition) is 5. The van der Waals surface area contributed by atoms with Gasteiger partial charge >= 0.3 is 0 Å². The highest BCUT2D eigenvalue weighted by molar-refractivity contribution is 5.92. The van der Waals surface area contributed by atoms with Crippen molar-refractivity contribution in [1.82, 2.24) is 9.55 Å². The van der Waals surface area contributed by atoms with E-state index >= 15 is 0 Å². The van der Waals surface area contributed by atoms with Crippen molar-refractivity contribution in [3.8, 4) is 17.2 Å². The maximum atomic E-state index is 12.6. The lowest BCUT2D eigenvalue weighted by atomic mass is 10.2. The van der Waals surface area contributed by atoms with Gasteiger partial charge in [-0.1, -0.05) is 13.0 Å². The molecule has 1 N–H and O–H groups in total. The number of rotatable bonds is 5. The lowest BCUT2D eigenvalue weighted by molar-refractivity contribution is -0.116. The van der Waals surface area contributed by atoms with Crippen LogP contribution in [0.25, 0.3) is 11.0 Å². The number of carbonyl (C=O) groups is 1. The van der Waals surface area contributed by atoms with Crippen LogP contribution >= 0.6 is 0 Å². The minimum absolute atomic E-state index is 0.132. The number of methoxy groups -OCH3 is 1. The Hall–Kier alpha value is -3.22. The molecule has 0 atom stereocenters. The normalized spacial score (nSPS) is 12.8. The molecular formula is C20H21N3O4. The average molecular weight is 367 g/mol. The van der Waals surface area contributed by atoms with Crippen molar-refractivity contribution >= 4 is 22.6 Å². The molecule has 2 aromatic carbocycles. The largest absolute Gasteiger partial charge is 0.497 e. The number of fused-ring (bicyclic) bond motifs is 2. The number of nitrogens with one attached hydrogen (secondary N) is 1. The average Bonchev–Trinajstić information content (AvgIpc) is 3.02.